The average molecular weight is 343 g/mol. The number of carbonyl (C=O) groups excluding carboxylic acids is 1. The molecule has 0 fully saturated rings. The van der Waals surface area contributed by atoms with E-state index in [2.05, 4.69) is 25.4 Å². The molecule has 5 nitrogen and oxygen atoms in total. The van der Waals surface area contributed by atoms with Crippen LogP contribution in [0, 0.1) is 0 Å². The lowest BCUT2D eigenvalue weighted by Crippen LogP contribution is -2.23. The fraction of sp³-hybridized carbons (Fsp3) is 0.222. The molecule has 0 heterocycles. The van der Waals surface area contributed by atoms with E-state index in [0.717, 1.165) is 7.11 Å². The third-order valence-corrected chi connectivity index (χ3v) is 3.80. The Kier molecular flexibility index (Phi) is 4.79. The Bertz CT molecular complexity index is 532. The van der Waals surface area contributed by atoms with E-state index in [-0.39, 0.29) is 5.69 Å². The highest BCUT2D eigenvalue weighted by molar-refractivity contribution is 9.10. The van der Waals surface area contributed by atoms with Crippen molar-refractivity contribution in [3.8, 4) is 0 Å². The SMILES string of the molecule is COC(=O)CS(=O)(=O)Nc1cc(Cl)ccc1Br. The first-order valence-corrected chi connectivity index (χ1v) is 7.19. The number of rotatable bonds is 4. The molecule has 1 N–H and O–H groups in total. The fourth-order valence-corrected chi connectivity index (χ4v) is 2.65. The Morgan fingerprint density at radius 3 is 2.76 bits per heavy atom. The Hall–Kier alpha value is -0.790. The highest BCUT2D eigenvalue weighted by atomic mass is 79.9. The lowest BCUT2D eigenvalue weighted by molar-refractivity contribution is -0.137. The number of ether oxygens (including phenoxy) is 1. The third-order valence-electron chi connectivity index (χ3n) is 1.73. The van der Waals surface area contributed by atoms with Crippen molar-refractivity contribution in [3.63, 3.8) is 0 Å². The summed E-state index contributed by atoms with van der Waals surface area (Å²) in [4.78, 5) is 10.9. The van der Waals surface area contributed by atoms with E-state index >= 15 is 0 Å². The minimum absolute atomic E-state index is 0.265. The van der Waals surface area contributed by atoms with E-state index in [9.17, 15) is 13.2 Å². The van der Waals surface area contributed by atoms with Crippen molar-refractivity contribution in [2.45, 2.75) is 0 Å². The second kappa shape index (κ2) is 5.70. The first-order chi connectivity index (χ1) is 7.84. The Morgan fingerprint density at radius 1 is 1.53 bits per heavy atom. The van der Waals surface area contributed by atoms with Crippen LogP contribution in [0.3, 0.4) is 0 Å². The number of methoxy groups -OCH3 is 1. The van der Waals surface area contributed by atoms with Gasteiger partial charge in [-0.1, -0.05) is 11.6 Å². The van der Waals surface area contributed by atoms with Crippen molar-refractivity contribution in [1.82, 2.24) is 0 Å². The molecule has 0 saturated carbocycles. The maximum atomic E-state index is 11.6. The van der Waals surface area contributed by atoms with Gasteiger partial charge in [-0.2, -0.15) is 0 Å². The number of hydrogen-bond acceptors (Lipinski definition) is 4. The molecule has 17 heavy (non-hydrogen) atoms. The first kappa shape index (κ1) is 14.3. The average Bonchev–Trinajstić information content (AvgIpc) is 2.22. The van der Waals surface area contributed by atoms with Crippen molar-refractivity contribution in [2.75, 3.05) is 17.6 Å². The van der Waals surface area contributed by atoms with Gasteiger partial charge in [0.2, 0.25) is 10.0 Å². The fourth-order valence-electron chi connectivity index (χ4n) is 0.993. The Morgan fingerprint density at radius 2 is 2.18 bits per heavy atom. The van der Waals surface area contributed by atoms with Crippen molar-refractivity contribution in [2.24, 2.45) is 0 Å². The van der Waals surface area contributed by atoms with Crippen LogP contribution in [0.15, 0.2) is 22.7 Å². The van der Waals surface area contributed by atoms with Crippen LogP contribution >= 0.6 is 27.5 Å². The van der Waals surface area contributed by atoms with Crippen molar-refractivity contribution in [1.29, 1.82) is 0 Å². The Labute approximate surface area is 112 Å². The van der Waals surface area contributed by atoms with Crippen LogP contribution in [0.4, 0.5) is 5.69 Å². The summed E-state index contributed by atoms with van der Waals surface area (Å²) in [6.45, 7) is 0. The number of nitrogens with one attached hydrogen (secondary N) is 1. The molecule has 0 unspecified atom stereocenters. The minimum atomic E-state index is -3.80. The van der Waals surface area contributed by atoms with Gasteiger partial charge in [0, 0.05) is 9.50 Å². The van der Waals surface area contributed by atoms with Crippen LogP contribution in [0.1, 0.15) is 0 Å². The summed E-state index contributed by atoms with van der Waals surface area (Å²) < 4.78 is 30.2. The quantitative estimate of drug-likeness (QED) is 0.850. The van der Waals surface area contributed by atoms with E-state index in [1.165, 1.54) is 6.07 Å². The predicted molar refractivity (Wildman–Crippen MR) is 68.6 cm³/mol. The lowest BCUT2D eigenvalue weighted by Gasteiger charge is -2.09. The van der Waals surface area contributed by atoms with Gasteiger partial charge < -0.3 is 4.74 Å². The molecule has 0 aromatic heterocycles. The van der Waals surface area contributed by atoms with Crippen molar-refractivity contribution < 1.29 is 17.9 Å². The van der Waals surface area contributed by atoms with Gasteiger partial charge in [0.05, 0.1) is 12.8 Å². The molecular weight excluding hydrogens is 334 g/mol. The summed E-state index contributed by atoms with van der Waals surface area (Å²) in [6.07, 6.45) is 0. The molecule has 0 bridgehead atoms. The number of hydrogen-bond donors (Lipinski definition) is 1. The zero-order valence-corrected chi connectivity index (χ0v) is 11.9. The summed E-state index contributed by atoms with van der Waals surface area (Å²) in [7, 11) is -2.68. The monoisotopic (exact) mass is 341 g/mol. The normalized spacial score (nSPS) is 11.0. The van der Waals surface area contributed by atoms with Crippen molar-refractivity contribution in [3.05, 3.63) is 27.7 Å². The van der Waals surface area contributed by atoms with E-state index < -0.39 is 21.7 Å². The molecular formula is C9H9BrClNO4S. The summed E-state index contributed by atoms with van der Waals surface area (Å²) in [5.41, 5.74) is 0.265. The number of anilines is 1. The second-order valence-electron chi connectivity index (χ2n) is 3.06. The number of halogens is 2. The van der Waals surface area contributed by atoms with Gasteiger partial charge in [-0.05, 0) is 34.1 Å². The molecule has 8 heteroatoms. The van der Waals surface area contributed by atoms with Crippen LogP contribution in [-0.4, -0.2) is 27.2 Å². The van der Waals surface area contributed by atoms with E-state index in [1.54, 1.807) is 12.1 Å². The van der Waals surface area contributed by atoms with Gasteiger partial charge in [0.15, 0.2) is 5.75 Å². The van der Waals surface area contributed by atoms with Gasteiger partial charge in [-0.3, -0.25) is 9.52 Å². The number of esters is 1. The smallest absolute Gasteiger partial charge is 0.322 e. The van der Waals surface area contributed by atoms with E-state index in [1.807, 2.05) is 0 Å². The Balaban J connectivity index is 2.90. The first-order valence-electron chi connectivity index (χ1n) is 4.36. The third kappa shape index (κ3) is 4.53. The molecule has 1 rings (SSSR count). The molecule has 1 aromatic carbocycles. The molecule has 0 amide bonds. The molecule has 0 aliphatic carbocycles. The number of sulfonamides is 1. The zero-order chi connectivity index (χ0) is 13.1. The van der Waals surface area contributed by atoms with Crippen LogP contribution in [-0.2, 0) is 19.6 Å². The molecule has 0 atom stereocenters. The summed E-state index contributed by atoms with van der Waals surface area (Å²) >= 11 is 8.90. The van der Waals surface area contributed by atoms with Gasteiger partial charge in [-0.25, -0.2) is 8.42 Å². The molecule has 0 saturated heterocycles. The second-order valence-corrected chi connectivity index (χ2v) is 6.07. The minimum Gasteiger partial charge on any atom is -0.468 e. The predicted octanol–water partition coefficient (Wildman–Crippen LogP) is 2.02. The molecule has 0 aliphatic rings. The summed E-state index contributed by atoms with van der Waals surface area (Å²) in [5, 5.41) is 0.379. The van der Waals surface area contributed by atoms with Crippen LogP contribution < -0.4 is 4.72 Å². The maximum Gasteiger partial charge on any atom is 0.322 e. The van der Waals surface area contributed by atoms with Crippen LogP contribution in [0.2, 0.25) is 5.02 Å². The molecule has 94 valence electrons. The topological polar surface area (TPSA) is 72.5 Å². The molecule has 0 spiro atoms. The number of benzene rings is 1. The maximum absolute atomic E-state index is 11.6. The lowest BCUT2D eigenvalue weighted by atomic mass is 10.3. The van der Waals surface area contributed by atoms with E-state index in [4.69, 9.17) is 11.6 Å². The molecule has 0 aliphatic heterocycles. The molecule has 0 radical (unpaired) electrons. The van der Waals surface area contributed by atoms with Crippen LogP contribution in [0.25, 0.3) is 0 Å². The zero-order valence-electron chi connectivity index (χ0n) is 8.74. The van der Waals surface area contributed by atoms with Crippen molar-refractivity contribution >= 4 is 49.2 Å². The van der Waals surface area contributed by atoms with Gasteiger partial charge in [0.25, 0.3) is 0 Å². The van der Waals surface area contributed by atoms with Crippen LogP contribution in [0.5, 0.6) is 0 Å². The largest absolute Gasteiger partial charge is 0.468 e. The van der Waals surface area contributed by atoms with E-state index in [0.29, 0.717) is 9.50 Å². The standard InChI is InChI=1S/C9H9BrClNO4S/c1-16-9(13)5-17(14,15)12-8-4-6(11)2-3-7(8)10/h2-4,12H,5H2,1H3. The molecule has 1 aromatic rings. The summed E-state index contributed by atoms with van der Waals surface area (Å²) in [6, 6.07) is 4.63. The van der Waals surface area contributed by atoms with Gasteiger partial charge in [-0.15, -0.1) is 0 Å². The van der Waals surface area contributed by atoms with Gasteiger partial charge >= 0.3 is 5.97 Å². The summed E-state index contributed by atoms with van der Waals surface area (Å²) in [5.74, 6) is -1.58. The highest BCUT2D eigenvalue weighted by Gasteiger charge is 2.18. The highest BCUT2D eigenvalue weighted by Crippen LogP contribution is 2.26. The number of carbonyl (C=O) groups is 1. The van der Waals surface area contributed by atoms with Gasteiger partial charge in [0.1, 0.15) is 0 Å².